The first kappa shape index (κ1) is 14.0. The molecule has 2 rings (SSSR count). The molecule has 3 N–H and O–H groups in total. The van der Waals surface area contributed by atoms with Gasteiger partial charge in [0.15, 0.2) is 0 Å². The normalized spacial score (nSPS) is 19.3. The van der Waals surface area contributed by atoms with Gasteiger partial charge in [-0.25, -0.2) is 0 Å². The van der Waals surface area contributed by atoms with Gasteiger partial charge in [0.05, 0.1) is 6.10 Å². The number of aliphatic hydroxyl groups excluding tert-OH is 1. The maximum absolute atomic E-state index is 11.0. The number of aliphatic hydroxyl groups is 1. The van der Waals surface area contributed by atoms with Crippen molar-refractivity contribution >= 4 is 5.91 Å². The first-order valence-corrected chi connectivity index (χ1v) is 6.85. The molecule has 1 amide bonds. The number of hydrogen-bond acceptors (Lipinski definition) is 3. The van der Waals surface area contributed by atoms with Crippen LogP contribution in [-0.2, 0) is 6.54 Å². The number of nitrogens with zero attached hydrogens (tertiary/aromatic N) is 1. The van der Waals surface area contributed by atoms with Crippen molar-refractivity contribution in [3.8, 4) is 0 Å². The standard InChI is InChI=1S/C15H22N2O2/c1-11(18)13-6-8-17(9-7-13)10-12-2-4-14(5-3-12)15(16)19/h2-5,11,13,18H,6-10H2,1H3,(H2,16,19). The van der Waals surface area contributed by atoms with E-state index in [1.807, 2.05) is 19.1 Å². The number of benzene rings is 1. The van der Waals surface area contributed by atoms with E-state index in [0.29, 0.717) is 11.5 Å². The Morgan fingerprint density at radius 2 is 1.95 bits per heavy atom. The molecule has 1 saturated heterocycles. The zero-order valence-corrected chi connectivity index (χ0v) is 11.4. The predicted molar refractivity (Wildman–Crippen MR) is 74.6 cm³/mol. The lowest BCUT2D eigenvalue weighted by molar-refractivity contribution is 0.0695. The van der Waals surface area contributed by atoms with Crippen LogP contribution in [0.25, 0.3) is 0 Å². The summed E-state index contributed by atoms with van der Waals surface area (Å²) < 4.78 is 0. The maximum Gasteiger partial charge on any atom is 0.248 e. The van der Waals surface area contributed by atoms with Crippen LogP contribution in [-0.4, -0.2) is 35.1 Å². The summed E-state index contributed by atoms with van der Waals surface area (Å²) in [4.78, 5) is 13.4. The highest BCUT2D eigenvalue weighted by Gasteiger charge is 2.22. The third-order valence-electron chi connectivity index (χ3n) is 3.96. The number of rotatable bonds is 4. The first-order chi connectivity index (χ1) is 9.06. The lowest BCUT2D eigenvalue weighted by atomic mass is 9.92. The Morgan fingerprint density at radius 1 is 1.37 bits per heavy atom. The second kappa shape index (κ2) is 6.17. The second-order valence-electron chi connectivity index (χ2n) is 5.42. The average molecular weight is 262 g/mol. The highest BCUT2D eigenvalue weighted by atomic mass is 16.3. The molecule has 1 aromatic rings. The minimum Gasteiger partial charge on any atom is -0.393 e. The summed E-state index contributed by atoms with van der Waals surface area (Å²) in [6.45, 7) is 4.81. The molecular formula is C15H22N2O2. The fourth-order valence-electron chi connectivity index (χ4n) is 2.63. The van der Waals surface area contributed by atoms with Crippen LogP contribution in [0.2, 0.25) is 0 Å². The smallest absolute Gasteiger partial charge is 0.248 e. The van der Waals surface area contributed by atoms with Crippen molar-refractivity contribution in [1.29, 1.82) is 0 Å². The molecule has 1 atom stereocenters. The van der Waals surface area contributed by atoms with Gasteiger partial charge in [-0.15, -0.1) is 0 Å². The Morgan fingerprint density at radius 3 is 2.42 bits per heavy atom. The zero-order valence-electron chi connectivity index (χ0n) is 11.4. The number of likely N-dealkylation sites (tertiary alicyclic amines) is 1. The molecule has 0 saturated carbocycles. The van der Waals surface area contributed by atoms with Gasteiger partial charge in [0.1, 0.15) is 0 Å². The molecule has 0 aromatic heterocycles. The fourth-order valence-corrected chi connectivity index (χ4v) is 2.63. The van der Waals surface area contributed by atoms with E-state index in [1.165, 1.54) is 5.56 Å². The van der Waals surface area contributed by atoms with Crippen molar-refractivity contribution in [1.82, 2.24) is 4.90 Å². The molecule has 19 heavy (non-hydrogen) atoms. The molecular weight excluding hydrogens is 240 g/mol. The molecule has 0 radical (unpaired) electrons. The van der Waals surface area contributed by atoms with Gasteiger partial charge in [-0.3, -0.25) is 9.69 Å². The van der Waals surface area contributed by atoms with Crippen molar-refractivity contribution in [2.75, 3.05) is 13.1 Å². The lowest BCUT2D eigenvalue weighted by Gasteiger charge is -2.33. The van der Waals surface area contributed by atoms with Gasteiger partial charge < -0.3 is 10.8 Å². The fraction of sp³-hybridized carbons (Fsp3) is 0.533. The monoisotopic (exact) mass is 262 g/mol. The Labute approximate surface area is 114 Å². The van der Waals surface area contributed by atoms with E-state index >= 15 is 0 Å². The van der Waals surface area contributed by atoms with Crippen molar-refractivity contribution in [3.05, 3.63) is 35.4 Å². The van der Waals surface area contributed by atoms with Crippen molar-refractivity contribution in [3.63, 3.8) is 0 Å². The van der Waals surface area contributed by atoms with Gasteiger partial charge in [-0.2, -0.15) is 0 Å². The molecule has 1 fully saturated rings. The van der Waals surface area contributed by atoms with E-state index in [0.717, 1.165) is 32.5 Å². The predicted octanol–water partition coefficient (Wildman–Crippen LogP) is 1.38. The molecule has 1 heterocycles. The van der Waals surface area contributed by atoms with Gasteiger partial charge in [0.2, 0.25) is 5.91 Å². The van der Waals surface area contributed by atoms with E-state index in [1.54, 1.807) is 12.1 Å². The summed E-state index contributed by atoms with van der Waals surface area (Å²) in [6, 6.07) is 7.47. The maximum atomic E-state index is 11.0. The van der Waals surface area contributed by atoms with E-state index < -0.39 is 0 Å². The highest BCUT2D eigenvalue weighted by Crippen LogP contribution is 2.21. The molecule has 0 spiro atoms. The first-order valence-electron chi connectivity index (χ1n) is 6.85. The van der Waals surface area contributed by atoms with Crippen LogP contribution in [0.4, 0.5) is 0 Å². The molecule has 1 aliphatic rings. The molecule has 0 aliphatic carbocycles. The summed E-state index contributed by atoms with van der Waals surface area (Å²) >= 11 is 0. The number of amides is 1. The van der Waals surface area contributed by atoms with Crippen LogP contribution in [0.1, 0.15) is 35.7 Å². The number of hydrogen-bond donors (Lipinski definition) is 2. The van der Waals surface area contributed by atoms with Gasteiger partial charge >= 0.3 is 0 Å². The summed E-state index contributed by atoms with van der Waals surface area (Å²) in [5.41, 5.74) is 6.97. The van der Waals surface area contributed by atoms with Crippen LogP contribution >= 0.6 is 0 Å². The van der Waals surface area contributed by atoms with Crippen LogP contribution in [0.3, 0.4) is 0 Å². The summed E-state index contributed by atoms with van der Waals surface area (Å²) in [5, 5.41) is 9.57. The number of carbonyl (C=O) groups excluding carboxylic acids is 1. The van der Waals surface area contributed by atoms with Crippen molar-refractivity contribution in [2.45, 2.75) is 32.4 Å². The van der Waals surface area contributed by atoms with Gasteiger partial charge in [-0.05, 0) is 56.5 Å². The van der Waals surface area contributed by atoms with E-state index in [4.69, 9.17) is 5.73 Å². The molecule has 104 valence electrons. The van der Waals surface area contributed by atoms with E-state index in [-0.39, 0.29) is 12.0 Å². The highest BCUT2D eigenvalue weighted by molar-refractivity contribution is 5.92. The molecule has 4 nitrogen and oxygen atoms in total. The molecule has 0 bridgehead atoms. The third kappa shape index (κ3) is 3.78. The van der Waals surface area contributed by atoms with Crippen molar-refractivity contribution < 1.29 is 9.90 Å². The summed E-state index contributed by atoms with van der Waals surface area (Å²) in [7, 11) is 0. The number of piperidine rings is 1. The van der Waals surface area contributed by atoms with Gasteiger partial charge in [-0.1, -0.05) is 12.1 Å². The van der Waals surface area contributed by atoms with Crippen LogP contribution in [0, 0.1) is 5.92 Å². The topological polar surface area (TPSA) is 66.6 Å². The average Bonchev–Trinajstić information content (AvgIpc) is 2.40. The number of carbonyl (C=O) groups is 1. The third-order valence-corrected chi connectivity index (χ3v) is 3.96. The summed E-state index contributed by atoms with van der Waals surface area (Å²) in [6.07, 6.45) is 1.91. The Kier molecular flexibility index (Phi) is 4.56. The number of primary amides is 1. The Bertz CT molecular complexity index is 420. The van der Waals surface area contributed by atoms with Crippen molar-refractivity contribution in [2.24, 2.45) is 11.7 Å². The van der Waals surface area contributed by atoms with Gasteiger partial charge in [0, 0.05) is 12.1 Å². The number of nitrogens with two attached hydrogens (primary N) is 1. The molecule has 4 heteroatoms. The van der Waals surface area contributed by atoms with Gasteiger partial charge in [0.25, 0.3) is 0 Å². The Balaban J connectivity index is 1.87. The molecule has 1 aromatic carbocycles. The Hall–Kier alpha value is -1.39. The second-order valence-corrected chi connectivity index (χ2v) is 5.42. The summed E-state index contributed by atoms with van der Waals surface area (Å²) in [5.74, 6) is 0.0535. The van der Waals surface area contributed by atoms with E-state index in [2.05, 4.69) is 4.90 Å². The SMILES string of the molecule is CC(O)C1CCN(Cc2ccc(C(N)=O)cc2)CC1. The molecule has 1 unspecified atom stereocenters. The van der Waals surface area contributed by atoms with E-state index in [9.17, 15) is 9.90 Å². The molecule has 1 aliphatic heterocycles. The minimum absolute atomic E-state index is 0.197. The van der Waals surface area contributed by atoms with Crippen LogP contribution in [0.15, 0.2) is 24.3 Å². The quantitative estimate of drug-likeness (QED) is 0.861. The van der Waals surface area contributed by atoms with Crippen LogP contribution in [0.5, 0.6) is 0 Å². The van der Waals surface area contributed by atoms with Crippen LogP contribution < -0.4 is 5.73 Å². The largest absolute Gasteiger partial charge is 0.393 e. The minimum atomic E-state index is -0.385. The zero-order chi connectivity index (χ0) is 13.8. The lowest BCUT2D eigenvalue weighted by Crippen LogP contribution is -2.36.